The molecule has 0 bridgehead atoms. The van der Waals surface area contributed by atoms with Crippen LogP contribution in [0.5, 0.6) is 5.75 Å². The van der Waals surface area contributed by atoms with Crippen molar-refractivity contribution in [3.05, 3.63) is 34.5 Å². The average Bonchev–Trinajstić information content (AvgIpc) is 2.28. The third-order valence-electron chi connectivity index (χ3n) is 2.00. The number of hydrogen-bond acceptors (Lipinski definition) is 4. The number of alkyl halides is 1. The lowest BCUT2D eigenvalue weighted by Gasteiger charge is -2.03. The Labute approximate surface area is 90.4 Å². The smallest absolute Gasteiger partial charge is 0.347 e. The van der Waals surface area contributed by atoms with E-state index >= 15 is 0 Å². The highest BCUT2D eigenvalue weighted by Gasteiger charge is 2.09. The van der Waals surface area contributed by atoms with Crippen molar-refractivity contribution < 1.29 is 9.15 Å². The van der Waals surface area contributed by atoms with Crippen LogP contribution < -0.4 is 10.4 Å². The van der Waals surface area contributed by atoms with Crippen LogP contribution in [0.4, 0.5) is 0 Å². The number of nitrogens with zero attached hydrogens (tertiary/aromatic N) is 1. The van der Waals surface area contributed by atoms with E-state index in [-0.39, 0.29) is 11.8 Å². The number of rotatable bonds is 2. The van der Waals surface area contributed by atoms with Gasteiger partial charge in [-0.3, -0.25) is 0 Å². The molecule has 0 fully saturated rings. The Balaban J connectivity index is 2.85. The van der Waals surface area contributed by atoms with Gasteiger partial charge in [0.25, 0.3) is 0 Å². The molecule has 0 saturated heterocycles. The number of methoxy groups -OCH3 is 1. The number of ether oxygens (including phenoxy) is 1. The van der Waals surface area contributed by atoms with Crippen LogP contribution in [-0.2, 0) is 5.88 Å². The van der Waals surface area contributed by atoms with E-state index in [2.05, 4.69) is 4.98 Å². The summed E-state index contributed by atoms with van der Waals surface area (Å²) in [5.74, 6) is 0.786. The summed E-state index contributed by atoms with van der Waals surface area (Å²) in [6.45, 7) is 0. The van der Waals surface area contributed by atoms with Crippen LogP contribution >= 0.6 is 11.6 Å². The summed E-state index contributed by atoms with van der Waals surface area (Å²) in [5.41, 5.74) is 0.0291. The third-order valence-corrected chi connectivity index (χ3v) is 2.23. The lowest BCUT2D eigenvalue weighted by Crippen LogP contribution is -2.05. The van der Waals surface area contributed by atoms with E-state index in [1.165, 1.54) is 7.11 Å². The average molecular weight is 226 g/mol. The van der Waals surface area contributed by atoms with Crippen LogP contribution in [0.3, 0.4) is 0 Å². The minimum absolute atomic E-state index is 0.0588. The number of benzene rings is 1. The Bertz CT molecular complexity index is 550. The molecule has 78 valence electrons. The molecular formula is C10H8ClNO3. The van der Waals surface area contributed by atoms with Crippen molar-refractivity contribution in [2.75, 3.05) is 7.11 Å². The van der Waals surface area contributed by atoms with E-state index in [1.807, 2.05) is 0 Å². The molecule has 15 heavy (non-hydrogen) atoms. The Morgan fingerprint density at radius 2 is 2.33 bits per heavy atom. The summed E-state index contributed by atoms with van der Waals surface area (Å²) in [6.07, 6.45) is 0. The second-order valence-electron chi connectivity index (χ2n) is 2.89. The predicted molar refractivity (Wildman–Crippen MR) is 56.4 cm³/mol. The molecule has 0 spiro atoms. The summed E-state index contributed by atoms with van der Waals surface area (Å²) < 4.78 is 9.98. The van der Waals surface area contributed by atoms with Gasteiger partial charge in [0.2, 0.25) is 5.89 Å². The standard InChI is InChI=1S/C10H8ClNO3/c1-14-7-4-2-3-6-9(7)12-8(5-11)15-10(6)13/h2-4H,5H2,1H3. The topological polar surface area (TPSA) is 52.3 Å². The Hall–Kier alpha value is -1.55. The minimum atomic E-state index is -0.449. The van der Waals surface area contributed by atoms with Crippen molar-refractivity contribution in [1.29, 1.82) is 0 Å². The lowest BCUT2D eigenvalue weighted by atomic mass is 10.2. The van der Waals surface area contributed by atoms with Gasteiger partial charge < -0.3 is 9.15 Å². The van der Waals surface area contributed by atoms with Crippen molar-refractivity contribution >= 4 is 22.5 Å². The Morgan fingerprint density at radius 3 is 3.00 bits per heavy atom. The monoisotopic (exact) mass is 225 g/mol. The number of halogens is 1. The maximum atomic E-state index is 11.5. The molecule has 5 heteroatoms. The third kappa shape index (κ3) is 1.68. The SMILES string of the molecule is COc1cccc2c(=O)oc(CCl)nc12. The largest absolute Gasteiger partial charge is 0.494 e. The molecule has 0 atom stereocenters. The van der Waals surface area contributed by atoms with Gasteiger partial charge in [-0.1, -0.05) is 6.07 Å². The summed E-state index contributed by atoms with van der Waals surface area (Å²) >= 11 is 5.56. The highest BCUT2D eigenvalue weighted by molar-refractivity contribution is 6.16. The molecule has 0 N–H and O–H groups in total. The quantitative estimate of drug-likeness (QED) is 0.733. The number of aromatic nitrogens is 1. The van der Waals surface area contributed by atoms with Crippen molar-refractivity contribution in [3.8, 4) is 5.75 Å². The molecule has 2 aromatic rings. The van der Waals surface area contributed by atoms with Gasteiger partial charge in [-0.15, -0.1) is 11.6 Å². The van der Waals surface area contributed by atoms with E-state index < -0.39 is 5.63 Å². The molecule has 1 aromatic carbocycles. The van der Waals surface area contributed by atoms with Gasteiger partial charge in [0.15, 0.2) is 0 Å². The van der Waals surface area contributed by atoms with Crippen LogP contribution in [0.1, 0.15) is 5.89 Å². The van der Waals surface area contributed by atoms with Crippen LogP contribution in [0, 0.1) is 0 Å². The van der Waals surface area contributed by atoms with Gasteiger partial charge in [-0.25, -0.2) is 9.78 Å². The maximum absolute atomic E-state index is 11.5. The molecule has 1 heterocycles. The van der Waals surface area contributed by atoms with Crippen molar-refractivity contribution in [3.63, 3.8) is 0 Å². The van der Waals surface area contributed by atoms with Crippen LogP contribution in [0.2, 0.25) is 0 Å². The molecule has 0 radical (unpaired) electrons. The van der Waals surface area contributed by atoms with Gasteiger partial charge in [-0.05, 0) is 12.1 Å². The van der Waals surface area contributed by atoms with E-state index in [1.54, 1.807) is 18.2 Å². The van der Waals surface area contributed by atoms with E-state index in [4.69, 9.17) is 20.8 Å². The van der Waals surface area contributed by atoms with Gasteiger partial charge in [-0.2, -0.15) is 0 Å². The van der Waals surface area contributed by atoms with Crippen LogP contribution in [0.25, 0.3) is 10.9 Å². The molecule has 0 aliphatic rings. The molecule has 0 unspecified atom stereocenters. The molecule has 0 aliphatic heterocycles. The maximum Gasteiger partial charge on any atom is 0.347 e. The van der Waals surface area contributed by atoms with E-state index in [0.29, 0.717) is 16.7 Å². The normalized spacial score (nSPS) is 10.5. The first kappa shape index (κ1) is 9.98. The van der Waals surface area contributed by atoms with Crippen LogP contribution in [0.15, 0.2) is 27.4 Å². The fourth-order valence-electron chi connectivity index (χ4n) is 1.33. The molecule has 0 aliphatic carbocycles. The summed E-state index contributed by atoms with van der Waals surface area (Å²) in [4.78, 5) is 15.6. The summed E-state index contributed by atoms with van der Waals surface area (Å²) in [5, 5.41) is 0.392. The molecular weight excluding hydrogens is 218 g/mol. The Morgan fingerprint density at radius 1 is 1.53 bits per heavy atom. The highest BCUT2D eigenvalue weighted by Crippen LogP contribution is 2.21. The van der Waals surface area contributed by atoms with Crippen molar-refractivity contribution in [2.45, 2.75) is 5.88 Å². The first-order valence-corrected chi connectivity index (χ1v) is 4.82. The van der Waals surface area contributed by atoms with Crippen molar-refractivity contribution in [2.24, 2.45) is 0 Å². The fourth-order valence-corrected chi connectivity index (χ4v) is 1.45. The van der Waals surface area contributed by atoms with E-state index in [9.17, 15) is 4.79 Å². The Kier molecular flexibility index (Phi) is 2.60. The van der Waals surface area contributed by atoms with Gasteiger partial charge >= 0.3 is 5.63 Å². The molecule has 4 nitrogen and oxygen atoms in total. The number of hydrogen-bond donors (Lipinski definition) is 0. The van der Waals surface area contributed by atoms with Gasteiger partial charge in [0.1, 0.15) is 11.3 Å². The van der Waals surface area contributed by atoms with E-state index in [0.717, 1.165) is 0 Å². The zero-order chi connectivity index (χ0) is 10.8. The number of para-hydroxylation sites is 1. The first-order chi connectivity index (χ1) is 7.26. The zero-order valence-electron chi connectivity index (χ0n) is 7.99. The molecule has 2 rings (SSSR count). The molecule has 0 saturated carbocycles. The van der Waals surface area contributed by atoms with Gasteiger partial charge in [0.05, 0.1) is 18.4 Å². The summed E-state index contributed by atoms with van der Waals surface area (Å²) in [7, 11) is 1.52. The highest BCUT2D eigenvalue weighted by atomic mass is 35.5. The zero-order valence-corrected chi connectivity index (χ0v) is 8.75. The minimum Gasteiger partial charge on any atom is -0.494 e. The second-order valence-corrected chi connectivity index (χ2v) is 3.15. The lowest BCUT2D eigenvalue weighted by molar-refractivity contribution is 0.415. The second kappa shape index (κ2) is 3.90. The predicted octanol–water partition coefficient (Wildman–Crippen LogP) is 1.94. The summed E-state index contributed by atoms with van der Waals surface area (Å²) in [6, 6.07) is 5.07. The number of fused-ring (bicyclic) bond motifs is 1. The van der Waals surface area contributed by atoms with Crippen LogP contribution in [-0.4, -0.2) is 12.1 Å². The first-order valence-electron chi connectivity index (χ1n) is 4.29. The fraction of sp³-hybridized carbons (Fsp3) is 0.200. The van der Waals surface area contributed by atoms with Gasteiger partial charge in [0, 0.05) is 0 Å². The molecule has 0 amide bonds. The molecule has 1 aromatic heterocycles. The van der Waals surface area contributed by atoms with Crippen molar-refractivity contribution in [1.82, 2.24) is 4.98 Å².